The molecule has 2 aromatic heterocycles. The molecule has 1 fully saturated rings. The van der Waals surface area contributed by atoms with Crippen LogP contribution in [0.15, 0.2) is 63.8 Å². The molecule has 1 amide bonds. The third kappa shape index (κ3) is 5.60. The van der Waals surface area contributed by atoms with Crippen molar-refractivity contribution in [1.29, 1.82) is 0 Å². The molecule has 1 aliphatic rings. The highest BCUT2D eigenvalue weighted by Gasteiger charge is 2.35. The molecule has 168 valence electrons. The van der Waals surface area contributed by atoms with E-state index >= 15 is 0 Å². The molecule has 0 spiro atoms. The highest BCUT2D eigenvalue weighted by atomic mass is 16.5. The van der Waals surface area contributed by atoms with Gasteiger partial charge in [0, 0.05) is 24.1 Å². The summed E-state index contributed by atoms with van der Waals surface area (Å²) < 4.78 is 16.9. The van der Waals surface area contributed by atoms with Crippen LogP contribution in [0, 0.1) is 0 Å². The number of ether oxygens (including phenoxy) is 1. The molecule has 0 saturated heterocycles. The van der Waals surface area contributed by atoms with Crippen molar-refractivity contribution in [3.05, 3.63) is 66.3 Å². The topological polar surface area (TPSA) is 93.1 Å². The molecule has 0 bridgehead atoms. The van der Waals surface area contributed by atoms with Crippen LogP contribution in [0.5, 0.6) is 5.75 Å². The molecule has 3 aromatic rings. The third-order valence-electron chi connectivity index (χ3n) is 5.47. The van der Waals surface area contributed by atoms with E-state index in [2.05, 4.69) is 0 Å². The Morgan fingerprint density at radius 2 is 1.91 bits per heavy atom. The highest BCUT2D eigenvalue weighted by Crippen LogP contribution is 2.33. The van der Waals surface area contributed by atoms with Crippen molar-refractivity contribution in [2.45, 2.75) is 51.1 Å². The van der Waals surface area contributed by atoms with E-state index in [1.807, 2.05) is 35.2 Å². The minimum Gasteiger partial charge on any atom is -0.493 e. The van der Waals surface area contributed by atoms with Crippen molar-refractivity contribution in [1.82, 2.24) is 4.90 Å². The summed E-state index contributed by atoms with van der Waals surface area (Å²) in [6, 6.07) is 13.3. The number of carboxylic acids is 1. The molecule has 0 unspecified atom stereocenters. The van der Waals surface area contributed by atoms with Crippen LogP contribution in [0.1, 0.15) is 54.6 Å². The molecule has 0 atom stereocenters. The Morgan fingerprint density at radius 3 is 2.66 bits per heavy atom. The summed E-state index contributed by atoms with van der Waals surface area (Å²) in [5.41, 5.74) is 1.68. The van der Waals surface area contributed by atoms with E-state index in [-0.39, 0.29) is 18.4 Å². The summed E-state index contributed by atoms with van der Waals surface area (Å²) in [6.45, 7) is 0.953. The number of furan rings is 2. The maximum atomic E-state index is 13.2. The van der Waals surface area contributed by atoms with E-state index < -0.39 is 5.97 Å². The lowest BCUT2D eigenvalue weighted by Gasteiger charge is -2.23. The van der Waals surface area contributed by atoms with Gasteiger partial charge in [0.05, 0.1) is 25.0 Å². The van der Waals surface area contributed by atoms with Crippen LogP contribution in [-0.4, -0.2) is 34.5 Å². The molecular weight excluding hydrogens is 410 g/mol. The quantitative estimate of drug-likeness (QED) is 0.383. The number of aliphatic carboxylic acids is 1. The minimum atomic E-state index is -0.770. The van der Waals surface area contributed by atoms with Gasteiger partial charge in [-0.05, 0) is 50.3 Å². The number of amides is 1. The van der Waals surface area contributed by atoms with Crippen molar-refractivity contribution >= 4 is 11.9 Å². The van der Waals surface area contributed by atoms with Crippen molar-refractivity contribution in [2.24, 2.45) is 0 Å². The van der Waals surface area contributed by atoms with Gasteiger partial charge in [-0.15, -0.1) is 0 Å². The number of nitrogens with zero attached hydrogens (tertiary/aromatic N) is 1. The van der Waals surface area contributed by atoms with E-state index in [4.69, 9.17) is 18.7 Å². The molecule has 2 heterocycles. The number of carboxylic acid groups (broad SMARTS) is 1. The van der Waals surface area contributed by atoms with Gasteiger partial charge in [0.1, 0.15) is 17.8 Å². The average molecular weight is 437 g/mol. The van der Waals surface area contributed by atoms with Crippen molar-refractivity contribution in [3.8, 4) is 17.1 Å². The number of hydrogen-bond donors (Lipinski definition) is 1. The van der Waals surface area contributed by atoms with Crippen LogP contribution in [0.25, 0.3) is 11.3 Å². The summed E-state index contributed by atoms with van der Waals surface area (Å²) in [5, 5.41) is 8.72. The largest absolute Gasteiger partial charge is 0.493 e. The second-order valence-electron chi connectivity index (χ2n) is 8.00. The van der Waals surface area contributed by atoms with Gasteiger partial charge < -0.3 is 23.6 Å². The van der Waals surface area contributed by atoms with Gasteiger partial charge in [-0.25, -0.2) is 0 Å². The lowest BCUT2D eigenvalue weighted by molar-refractivity contribution is -0.137. The highest BCUT2D eigenvalue weighted by molar-refractivity contribution is 5.93. The number of para-hydroxylation sites is 1. The van der Waals surface area contributed by atoms with Crippen LogP contribution in [0.3, 0.4) is 0 Å². The number of hydrogen-bond acceptors (Lipinski definition) is 5. The summed E-state index contributed by atoms with van der Waals surface area (Å²) in [4.78, 5) is 25.7. The summed E-state index contributed by atoms with van der Waals surface area (Å²) >= 11 is 0. The fourth-order valence-corrected chi connectivity index (χ4v) is 3.61. The third-order valence-corrected chi connectivity index (χ3v) is 5.47. The van der Waals surface area contributed by atoms with E-state index in [1.165, 1.54) is 0 Å². The van der Waals surface area contributed by atoms with E-state index in [9.17, 15) is 9.59 Å². The standard InChI is InChI=1S/C25H27NO6/c27-24(28)10-2-1-5-13-30-21-8-4-3-7-18(21)16-26(20-11-12-20)25(29)23-15-19(17-32-23)22-9-6-14-31-22/h3-4,6-9,14-15,17,20H,1-2,5,10-13,16H2,(H,27,28). The second-order valence-corrected chi connectivity index (χ2v) is 8.00. The number of rotatable bonds is 12. The van der Waals surface area contributed by atoms with E-state index in [1.54, 1.807) is 24.7 Å². The van der Waals surface area contributed by atoms with Crippen molar-refractivity contribution < 1.29 is 28.3 Å². The Labute approximate surface area is 186 Å². The van der Waals surface area contributed by atoms with Crippen molar-refractivity contribution in [2.75, 3.05) is 6.61 Å². The molecule has 1 N–H and O–H groups in total. The zero-order chi connectivity index (χ0) is 22.3. The fraction of sp³-hybridized carbons (Fsp3) is 0.360. The zero-order valence-electron chi connectivity index (χ0n) is 17.9. The Morgan fingerprint density at radius 1 is 1.06 bits per heavy atom. The normalized spacial score (nSPS) is 13.1. The number of benzene rings is 1. The number of carbonyl (C=O) groups is 2. The first-order valence-electron chi connectivity index (χ1n) is 11.0. The molecule has 0 aliphatic heterocycles. The van der Waals surface area contributed by atoms with Gasteiger partial charge >= 0.3 is 5.97 Å². The molecule has 7 heteroatoms. The average Bonchev–Trinajstić information content (AvgIpc) is 3.26. The molecule has 1 saturated carbocycles. The second kappa shape index (κ2) is 10.2. The van der Waals surface area contributed by atoms with Crippen LogP contribution >= 0.6 is 0 Å². The molecule has 1 aliphatic carbocycles. The first kappa shape index (κ1) is 21.7. The molecule has 4 rings (SSSR count). The van der Waals surface area contributed by atoms with Crippen molar-refractivity contribution in [3.63, 3.8) is 0 Å². The zero-order valence-corrected chi connectivity index (χ0v) is 17.9. The predicted molar refractivity (Wildman–Crippen MR) is 117 cm³/mol. The molecule has 7 nitrogen and oxygen atoms in total. The fourth-order valence-electron chi connectivity index (χ4n) is 3.61. The van der Waals surface area contributed by atoms with E-state index in [0.717, 1.165) is 42.6 Å². The first-order valence-corrected chi connectivity index (χ1v) is 11.0. The molecular formula is C25H27NO6. The SMILES string of the molecule is O=C(O)CCCCCOc1ccccc1CN(C(=O)c1cc(-c2ccco2)co1)C1CC1. The summed E-state index contributed by atoms with van der Waals surface area (Å²) in [7, 11) is 0. The van der Waals surface area contributed by atoms with Gasteiger partial charge in [0.15, 0.2) is 5.76 Å². The molecule has 0 radical (unpaired) electrons. The minimum absolute atomic E-state index is 0.145. The Hall–Kier alpha value is -3.48. The summed E-state index contributed by atoms with van der Waals surface area (Å²) in [5.74, 6) is 0.788. The van der Waals surface area contributed by atoms with Gasteiger partial charge in [-0.3, -0.25) is 9.59 Å². The van der Waals surface area contributed by atoms with Gasteiger partial charge in [0.25, 0.3) is 5.91 Å². The Balaban J connectivity index is 1.39. The van der Waals surface area contributed by atoms with Gasteiger partial charge in [0.2, 0.25) is 0 Å². The van der Waals surface area contributed by atoms with E-state index in [0.29, 0.717) is 31.1 Å². The van der Waals surface area contributed by atoms with Crippen LogP contribution < -0.4 is 4.74 Å². The Kier molecular flexibility index (Phi) is 6.94. The predicted octanol–water partition coefficient (Wildman–Crippen LogP) is 5.37. The smallest absolute Gasteiger partial charge is 0.303 e. The number of carbonyl (C=O) groups excluding carboxylic acids is 1. The molecule has 32 heavy (non-hydrogen) atoms. The van der Waals surface area contributed by atoms with Gasteiger partial charge in [-0.1, -0.05) is 18.2 Å². The first-order chi connectivity index (χ1) is 15.6. The maximum Gasteiger partial charge on any atom is 0.303 e. The lowest BCUT2D eigenvalue weighted by Crippen LogP contribution is -2.32. The Bertz CT molecular complexity index is 1030. The number of unbranched alkanes of at least 4 members (excludes halogenated alkanes) is 2. The molecule has 1 aromatic carbocycles. The lowest BCUT2D eigenvalue weighted by atomic mass is 10.1. The van der Waals surface area contributed by atoms with Crippen LogP contribution in [0.4, 0.5) is 0 Å². The maximum absolute atomic E-state index is 13.2. The van der Waals surface area contributed by atoms with Gasteiger partial charge in [-0.2, -0.15) is 0 Å². The van der Waals surface area contributed by atoms with Crippen LogP contribution in [-0.2, 0) is 11.3 Å². The monoisotopic (exact) mass is 437 g/mol. The summed E-state index contributed by atoms with van der Waals surface area (Å²) in [6.07, 6.45) is 7.50. The van der Waals surface area contributed by atoms with Crippen LogP contribution in [0.2, 0.25) is 0 Å².